The van der Waals surface area contributed by atoms with Crippen molar-refractivity contribution in [2.45, 2.75) is 0 Å². The van der Waals surface area contributed by atoms with Gasteiger partial charge in [-0.15, -0.1) is 0 Å². The molecule has 0 aliphatic heterocycles. The topological polar surface area (TPSA) is 0 Å². The fraction of sp³-hybridized carbons (Fsp3) is 0. The van der Waals surface area contributed by atoms with Crippen LogP contribution in [0.5, 0.6) is 0 Å². The molecule has 3 rings (SSSR count). The van der Waals surface area contributed by atoms with Gasteiger partial charge in [-0.1, -0.05) is 24.3 Å². The molecule has 0 N–H and O–H groups in total. The molecular formula is C14H6F3. The highest BCUT2D eigenvalue weighted by atomic mass is 19.2. The van der Waals surface area contributed by atoms with Crippen LogP contribution in [0.3, 0.4) is 0 Å². The second-order valence-electron chi connectivity index (χ2n) is 3.81. The van der Waals surface area contributed by atoms with Crippen molar-refractivity contribution < 1.29 is 13.2 Å². The van der Waals surface area contributed by atoms with Crippen LogP contribution in [0.2, 0.25) is 0 Å². The quantitative estimate of drug-likeness (QED) is 0.401. The largest absolute Gasteiger partial charge is 0.206 e. The van der Waals surface area contributed by atoms with Crippen molar-refractivity contribution in [1.82, 2.24) is 0 Å². The van der Waals surface area contributed by atoms with Gasteiger partial charge in [-0.05, 0) is 22.9 Å². The van der Waals surface area contributed by atoms with E-state index in [4.69, 9.17) is 0 Å². The zero-order valence-electron chi connectivity index (χ0n) is 8.60. The lowest BCUT2D eigenvalue weighted by molar-refractivity contribution is 0.503. The van der Waals surface area contributed by atoms with Gasteiger partial charge in [-0.25, -0.2) is 13.2 Å². The molecule has 0 atom stereocenters. The van der Waals surface area contributed by atoms with Crippen molar-refractivity contribution >= 4 is 21.5 Å². The highest BCUT2D eigenvalue weighted by Gasteiger charge is 2.13. The summed E-state index contributed by atoms with van der Waals surface area (Å²) in [6, 6.07) is 11.8. The minimum atomic E-state index is -1.29. The zero-order valence-corrected chi connectivity index (χ0v) is 8.60. The minimum Gasteiger partial charge on any atom is -0.206 e. The van der Waals surface area contributed by atoms with Gasteiger partial charge in [0, 0.05) is 10.8 Å². The number of fused-ring (bicyclic) bond motifs is 2. The molecule has 0 amide bonds. The first kappa shape index (κ1) is 10.1. The Morgan fingerprint density at radius 1 is 0.765 bits per heavy atom. The number of halogens is 3. The molecule has 0 aliphatic rings. The average molecular weight is 231 g/mol. The van der Waals surface area contributed by atoms with Gasteiger partial charge >= 0.3 is 0 Å². The standard InChI is InChI=1S/C14H6F3/c15-12-7-13(16)14(17)11-6-9-4-2-1-3-8(9)5-10(11)12/h1-6H. The summed E-state index contributed by atoms with van der Waals surface area (Å²) in [5.41, 5.74) is 0. The predicted octanol–water partition coefficient (Wildman–Crippen LogP) is 4.21. The summed E-state index contributed by atoms with van der Waals surface area (Å²) < 4.78 is 40.1. The Balaban J connectivity index is 2.56. The fourth-order valence-corrected chi connectivity index (χ4v) is 1.94. The molecule has 3 aromatic carbocycles. The van der Waals surface area contributed by atoms with Gasteiger partial charge in [0.05, 0.1) is 6.07 Å². The van der Waals surface area contributed by atoms with Crippen molar-refractivity contribution in [3.63, 3.8) is 0 Å². The van der Waals surface area contributed by atoms with Gasteiger partial charge in [0.25, 0.3) is 0 Å². The van der Waals surface area contributed by atoms with Gasteiger partial charge in [0.1, 0.15) is 5.82 Å². The monoisotopic (exact) mass is 231 g/mol. The Hall–Kier alpha value is -2.03. The van der Waals surface area contributed by atoms with E-state index in [1.165, 1.54) is 12.1 Å². The van der Waals surface area contributed by atoms with Crippen LogP contribution in [-0.2, 0) is 0 Å². The lowest BCUT2D eigenvalue weighted by Crippen LogP contribution is -1.91. The van der Waals surface area contributed by atoms with E-state index in [9.17, 15) is 13.2 Å². The minimum absolute atomic E-state index is 0.0441. The van der Waals surface area contributed by atoms with E-state index < -0.39 is 17.5 Å². The number of hydrogen-bond acceptors (Lipinski definition) is 0. The van der Waals surface area contributed by atoms with Crippen molar-refractivity contribution in [3.8, 4) is 0 Å². The Kier molecular flexibility index (Phi) is 2.08. The van der Waals surface area contributed by atoms with Crippen LogP contribution < -0.4 is 0 Å². The predicted molar refractivity (Wildman–Crippen MR) is 60.2 cm³/mol. The summed E-state index contributed by atoms with van der Waals surface area (Å²) in [4.78, 5) is 0. The Bertz CT molecular complexity index is 732. The summed E-state index contributed by atoms with van der Waals surface area (Å²) in [6.07, 6.45) is 0. The van der Waals surface area contributed by atoms with Gasteiger partial charge in [-0.3, -0.25) is 0 Å². The summed E-state index contributed by atoms with van der Waals surface area (Å²) in [6.45, 7) is 0. The molecule has 3 heteroatoms. The second kappa shape index (κ2) is 3.48. The van der Waals surface area contributed by atoms with E-state index in [2.05, 4.69) is 0 Å². The van der Waals surface area contributed by atoms with E-state index in [1.807, 2.05) is 0 Å². The summed E-state index contributed by atoms with van der Waals surface area (Å²) in [5, 5.41) is 1.50. The Morgan fingerprint density at radius 2 is 1.35 bits per heavy atom. The third-order valence-electron chi connectivity index (χ3n) is 2.77. The van der Waals surface area contributed by atoms with Crippen LogP contribution in [0.1, 0.15) is 0 Å². The van der Waals surface area contributed by atoms with Gasteiger partial charge in [0.2, 0.25) is 0 Å². The molecule has 0 saturated heterocycles. The molecule has 83 valence electrons. The van der Waals surface area contributed by atoms with Crippen LogP contribution in [0, 0.1) is 23.5 Å². The SMILES string of the molecule is Fc1[c]c(F)c2cc3ccccc3cc2c1F. The molecule has 0 aliphatic carbocycles. The molecule has 0 bridgehead atoms. The third-order valence-corrected chi connectivity index (χ3v) is 2.77. The van der Waals surface area contributed by atoms with E-state index in [0.717, 1.165) is 10.8 Å². The van der Waals surface area contributed by atoms with Crippen molar-refractivity contribution in [2.24, 2.45) is 0 Å². The maximum Gasteiger partial charge on any atom is 0.170 e. The molecule has 0 spiro atoms. The van der Waals surface area contributed by atoms with Crippen LogP contribution in [0.25, 0.3) is 21.5 Å². The molecule has 0 aromatic heterocycles. The Morgan fingerprint density at radius 3 is 2.00 bits per heavy atom. The molecule has 1 radical (unpaired) electrons. The van der Waals surface area contributed by atoms with Gasteiger partial charge in [0.15, 0.2) is 11.6 Å². The van der Waals surface area contributed by atoms with Gasteiger partial charge < -0.3 is 0 Å². The first-order valence-electron chi connectivity index (χ1n) is 5.05. The van der Waals surface area contributed by atoms with E-state index in [1.54, 1.807) is 30.3 Å². The van der Waals surface area contributed by atoms with E-state index >= 15 is 0 Å². The van der Waals surface area contributed by atoms with Crippen LogP contribution in [-0.4, -0.2) is 0 Å². The van der Waals surface area contributed by atoms with E-state index in [0.29, 0.717) is 0 Å². The van der Waals surface area contributed by atoms with Gasteiger partial charge in [-0.2, -0.15) is 0 Å². The highest BCUT2D eigenvalue weighted by Crippen LogP contribution is 2.28. The van der Waals surface area contributed by atoms with Crippen LogP contribution in [0.15, 0.2) is 36.4 Å². The first-order valence-corrected chi connectivity index (χ1v) is 5.05. The molecule has 0 unspecified atom stereocenters. The van der Waals surface area contributed by atoms with E-state index in [-0.39, 0.29) is 10.8 Å². The molecule has 3 aromatic rings. The molecular weight excluding hydrogens is 225 g/mol. The number of hydrogen-bond donors (Lipinski definition) is 0. The average Bonchev–Trinajstić information content (AvgIpc) is 2.34. The van der Waals surface area contributed by atoms with Crippen LogP contribution in [0.4, 0.5) is 13.2 Å². The van der Waals surface area contributed by atoms with Crippen molar-refractivity contribution in [3.05, 3.63) is 59.9 Å². The van der Waals surface area contributed by atoms with Crippen molar-refractivity contribution in [2.75, 3.05) is 0 Å². The maximum atomic E-state index is 13.5. The normalized spacial score (nSPS) is 11.2. The third kappa shape index (κ3) is 1.46. The smallest absolute Gasteiger partial charge is 0.170 e. The zero-order chi connectivity index (χ0) is 12.0. The second-order valence-corrected chi connectivity index (χ2v) is 3.81. The lowest BCUT2D eigenvalue weighted by atomic mass is 10.0. The molecule has 0 saturated carbocycles. The maximum absolute atomic E-state index is 13.5. The number of benzene rings is 3. The van der Waals surface area contributed by atoms with Crippen LogP contribution >= 0.6 is 0 Å². The fourth-order valence-electron chi connectivity index (χ4n) is 1.94. The molecule has 0 fully saturated rings. The lowest BCUT2D eigenvalue weighted by Gasteiger charge is -2.04. The molecule has 0 nitrogen and oxygen atoms in total. The summed E-state index contributed by atoms with van der Waals surface area (Å²) in [5.74, 6) is -3.22. The highest BCUT2D eigenvalue weighted by molar-refractivity contribution is 5.98. The summed E-state index contributed by atoms with van der Waals surface area (Å²) >= 11 is 0. The van der Waals surface area contributed by atoms with Crippen molar-refractivity contribution in [1.29, 1.82) is 0 Å². The molecule has 17 heavy (non-hydrogen) atoms. The Labute approximate surface area is 95.3 Å². The summed E-state index contributed by atoms with van der Waals surface area (Å²) in [7, 11) is 0. The molecule has 0 heterocycles. The first-order chi connectivity index (χ1) is 8.16. The number of rotatable bonds is 0.